The van der Waals surface area contributed by atoms with Crippen molar-refractivity contribution < 1.29 is 24.2 Å². The van der Waals surface area contributed by atoms with Crippen molar-refractivity contribution in [1.82, 2.24) is 4.90 Å². The number of benzene rings is 1. The highest BCUT2D eigenvalue weighted by Crippen LogP contribution is 2.48. The molecule has 0 spiro atoms. The van der Waals surface area contributed by atoms with Crippen LogP contribution in [0.4, 0.5) is 5.69 Å². The van der Waals surface area contributed by atoms with Gasteiger partial charge in [0.15, 0.2) is 0 Å². The van der Waals surface area contributed by atoms with Gasteiger partial charge in [0, 0.05) is 11.4 Å². The third-order valence-corrected chi connectivity index (χ3v) is 7.48. The van der Waals surface area contributed by atoms with Gasteiger partial charge >= 0.3 is 11.9 Å². The number of thiocarbonyl (C=S) groups is 1. The summed E-state index contributed by atoms with van der Waals surface area (Å²) < 4.78 is 5.38. The van der Waals surface area contributed by atoms with Gasteiger partial charge in [0.05, 0.1) is 27.8 Å². The third-order valence-electron chi connectivity index (χ3n) is 4.80. The summed E-state index contributed by atoms with van der Waals surface area (Å²) in [5.74, 6) is -1.86. The molecule has 0 saturated carbocycles. The van der Waals surface area contributed by atoms with Crippen LogP contribution in [0.3, 0.4) is 0 Å². The molecule has 0 atom stereocenters. The minimum absolute atomic E-state index is 0.241. The Kier molecular flexibility index (Phi) is 8.02. The summed E-state index contributed by atoms with van der Waals surface area (Å²) in [5.41, 5.74) is 2.31. The second-order valence-corrected chi connectivity index (χ2v) is 9.87. The molecule has 3 rings (SSSR count). The van der Waals surface area contributed by atoms with Crippen LogP contribution in [0.2, 0.25) is 0 Å². The minimum Gasteiger partial charge on any atom is -0.480 e. The van der Waals surface area contributed by atoms with E-state index in [4.69, 9.17) is 22.1 Å². The Morgan fingerprint density at radius 3 is 2.62 bits per heavy atom. The van der Waals surface area contributed by atoms with Crippen LogP contribution in [0.25, 0.3) is 0 Å². The largest absolute Gasteiger partial charge is 0.480 e. The Morgan fingerprint density at radius 1 is 1.22 bits per heavy atom. The fourth-order valence-corrected chi connectivity index (χ4v) is 5.72. The lowest BCUT2D eigenvalue weighted by Gasteiger charge is -2.22. The number of hydrogen-bond acceptors (Lipinski definition) is 8. The number of ether oxygens (including phenoxy) is 1. The summed E-state index contributed by atoms with van der Waals surface area (Å²) in [7, 11) is 0. The average Bonchev–Trinajstić information content (AvgIpc) is 3.24. The first-order chi connectivity index (χ1) is 15.3. The number of anilines is 1. The van der Waals surface area contributed by atoms with Gasteiger partial charge in [0.1, 0.15) is 10.9 Å². The van der Waals surface area contributed by atoms with Gasteiger partial charge in [-0.3, -0.25) is 14.5 Å². The minimum atomic E-state index is -1.11. The van der Waals surface area contributed by atoms with Gasteiger partial charge in [-0.25, -0.2) is 4.79 Å². The molecule has 1 amide bonds. The first kappa shape index (κ1) is 24.3. The molecule has 2 aliphatic heterocycles. The number of carbonyl (C=O) groups is 3. The summed E-state index contributed by atoms with van der Waals surface area (Å²) in [4.78, 5) is 40.6. The SMILES string of the molecule is CCCCN1/C(=C(C)/C=C2/SC(=S)N(CC(=O)O)C2=O)Sc2ccc(C(=O)OCC)cc21. The number of carboxylic acids is 1. The zero-order chi connectivity index (χ0) is 23.4. The van der Waals surface area contributed by atoms with E-state index in [2.05, 4.69) is 11.8 Å². The van der Waals surface area contributed by atoms with E-state index in [-0.39, 0.29) is 10.3 Å². The number of nitrogens with zero attached hydrogens (tertiary/aromatic N) is 2. The molecule has 1 N–H and O–H groups in total. The first-order valence-corrected chi connectivity index (χ1v) is 12.3. The number of allylic oxidation sites excluding steroid dienone is 2. The van der Waals surface area contributed by atoms with Gasteiger partial charge in [0.2, 0.25) is 0 Å². The van der Waals surface area contributed by atoms with Crippen molar-refractivity contribution >= 4 is 63.6 Å². The predicted octanol–water partition coefficient (Wildman–Crippen LogP) is 4.64. The second-order valence-electron chi connectivity index (χ2n) is 7.16. The molecule has 32 heavy (non-hydrogen) atoms. The number of unbranched alkanes of at least 4 members (excludes halogenated alkanes) is 1. The van der Waals surface area contributed by atoms with E-state index in [1.54, 1.807) is 30.8 Å². The number of rotatable bonds is 8. The van der Waals surface area contributed by atoms with Crippen LogP contribution in [0, 0.1) is 0 Å². The zero-order valence-electron chi connectivity index (χ0n) is 18.0. The number of amides is 1. The zero-order valence-corrected chi connectivity index (χ0v) is 20.5. The van der Waals surface area contributed by atoms with Crippen molar-refractivity contribution in [3.8, 4) is 0 Å². The molecule has 10 heteroatoms. The fraction of sp³-hybridized carbons (Fsp3) is 0.364. The Hall–Kier alpha value is -2.30. The van der Waals surface area contributed by atoms with Crippen molar-refractivity contribution in [1.29, 1.82) is 0 Å². The van der Waals surface area contributed by atoms with Gasteiger partial charge in [-0.15, -0.1) is 0 Å². The highest BCUT2D eigenvalue weighted by atomic mass is 32.2. The number of carboxylic acid groups (broad SMARTS) is 1. The molecule has 1 aromatic rings. The third kappa shape index (κ3) is 5.19. The Morgan fingerprint density at radius 2 is 1.97 bits per heavy atom. The van der Waals surface area contributed by atoms with E-state index in [0.29, 0.717) is 17.1 Å². The van der Waals surface area contributed by atoms with Crippen LogP contribution in [-0.2, 0) is 14.3 Å². The average molecular weight is 493 g/mol. The summed E-state index contributed by atoms with van der Waals surface area (Å²) in [6.45, 7) is 6.44. The van der Waals surface area contributed by atoms with Crippen LogP contribution in [0.15, 0.2) is 44.7 Å². The van der Waals surface area contributed by atoms with E-state index in [1.165, 1.54) is 0 Å². The van der Waals surface area contributed by atoms with Gasteiger partial charge in [-0.2, -0.15) is 0 Å². The van der Waals surface area contributed by atoms with E-state index in [0.717, 1.165) is 57.2 Å². The number of esters is 1. The monoisotopic (exact) mass is 492 g/mol. The van der Waals surface area contributed by atoms with Crippen LogP contribution in [0.1, 0.15) is 44.0 Å². The smallest absolute Gasteiger partial charge is 0.338 e. The Balaban J connectivity index is 1.95. The summed E-state index contributed by atoms with van der Waals surface area (Å²) in [6.07, 6.45) is 3.73. The molecule has 1 saturated heterocycles. The topological polar surface area (TPSA) is 87.2 Å². The van der Waals surface area contributed by atoms with E-state index in [9.17, 15) is 14.4 Å². The highest BCUT2D eigenvalue weighted by Gasteiger charge is 2.34. The molecular formula is C22H24N2O5S3. The Labute approximate surface area is 200 Å². The molecule has 1 fully saturated rings. The number of carbonyl (C=O) groups excluding carboxylic acids is 2. The Bertz CT molecular complexity index is 1030. The van der Waals surface area contributed by atoms with Gasteiger partial charge < -0.3 is 14.7 Å². The van der Waals surface area contributed by atoms with E-state index >= 15 is 0 Å². The molecule has 1 aromatic carbocycles. The van der Waals surface area contributed by atoms with Gasteiger partial charge in [0.25, 0.3) is 5.91 Å². The standard InChI is InChI=1S/C22H24N2O5S3/c1-4-6-9-23-15-11-14(21(28)29-5-2)7-8-16(15)31-20(23)13(3)10-17-19(27)24(12-18(25)26)22(30)32-17/h7-8,10-11H,4-6,9,12H2,1-3H3,(H,25,26)/b17-10+,20-13-. The van der Waals surface area contributed by atoms with Crippen LogP contribution in [0.5, 0.6) is 0 Å². The number of fused-ring (bicyclic) bond motifs is 1. The molecule has 0 aliphatic carbocycles. The molecule has 170 valence electrons. The molecule has 0 bridgehead atoms. The summed E-state index contributed by atoms with van der Waals surface area (Å²) >= 11 is 7.88. The highest BCUT2D eigenvalue weighted by molar-refractivity contribution is 8.26. The quantitative estimate of drug-likeness (QED) is 0.317. The first-order valence-electron chi connectivity index (χ1n) is 10.2. The van der Waals surface area contributed by atoms with Crippen molar-refractivity contribution in [3.63, 3.8) is 0 Å². The van der Waals surface area contributed by atoms with Crippen molar-refractivity contribution in [2.75, 3.05) is 24.6 Å². The molecule has 0 radical (unpaired) electrons. The normalized spacial score (nSPS) is 18.4. The second kappa shape index (κ2) is 10.5. The van der Waals surface area contributed by atoms with Crippen LogP contribution in [-0.4, -0.2) is 51.9 Å². The molecular weight excluding hydrogens is 468 g/mol. The maximum atomic E-state index is 12.6. The lowest BCUT2D eigenvalue weighted by Crippen LogP contribution is -2.33. The van der Waals surface area contributed by atoms with E-state index < -0.39 is 18.4 Å². The molecule has 7 nitrogen and oxygen atoms in total. The number of hydrogen-bond donors (Lipinski definition) is 1. The van der Waals surface area contributed by atoms with Crippen molar-refractivity contribution in [2.45, 2.75) is 38.5 Å². The van der Waals surface area contributed by atoms with Crippen molar-refractivity contribution in [2.24, 2.45) is 0 Å². The van der Waals surface area contributed by atoms with Gasteiger partial charge in [-0.05, 0) is 50.1 Å². The lowest BCUT2D eigenvalue weighted by molar-refractivity contribution is -0.140. The van der Waals surface area contributed by atoms with Gasteiger partial charge in [-0.1, -0.05) is 49.1 Å². The maximum absolute atomic E-state index is 12.6. The van der Waals surface area contributed by atoms with Crippen LogP contribution < -0.4 is 4.90 Å². The van der Waals surface area contributed by atoms with E-state index in [1.807, 2.05) is 19.1 Å². The predicted molar refractivity (Wildman–Crippen MR) is 131 cm³/mol. The van der Waals surface area contributed by atoms with Crippen LogP contribution >= 0.6 is 35.7 Å². The summed E-state index contributed by atoms with van der Waals surface area (Å²) in [5, 5.41) is 10.00. The molecule has 0 unspecified atom stereocenters. The fourth-order valence-electron chi connectivity index (χ4n) is 3.29. The summed E-state index contributed by atoms with van der Waals surface area (Å²) in [6, 6.07) is 5.53. The lowest BCUT2D eigenvalue weighted by atomic mass is 10.1. The number of aliphatic carboxylic acids is 1. The molecule has 0 aromatic heterocycles. The molecule has 2 heterocycles. The van der Waals surface area contributed by atoms with Crippen molar-refractivity contribution in [3.05, 3.63) is 45.3 Å². The molecule has 2 aliphatic rings. The number of thioether (sulfide) groups is 2. The maximum Gasteiger partial charge on any atom is 0.338 e.